The molecule has 1 aromatic rings. The molecule has 84 valence electrons. The number of hydrogen-bond acceptors (Lipinski definition) is 3. The van der Waals surface area contributed by atoms with E-state index in [1.807, 2.05) is 6.92 Å². The Hall–Kier alpha value is -0.610. The van der Waals surface area contributed by atoms with E-state index in [0.717, 1.165) is 5.56 Å². The van der Waals surface area contributed by atoms with Gasteiger partial charge in [0, 0.05) is 11.6 Å². The molecule has 0 saturated carbocycles. The van der Waals surface area contributed by atoms with Crippen molar-refractivity contribution in [2.45, 2.75) is 19.1 Å². The van der Waals surface area contributed by atoms with Crippen molar-refractivity contribution >= 4 is 11.6 Å². The van der Waals surface area contributed by atoms with Crippen molar-refractivity contribution in [2.24, 2.45) is 5.73 Å². The molecule has 0 heterocycles. The van der Waals surface area contributed by atoms with E-state index in [1.54, 1.807) is 24.3 Å². The zero-order chi connectivity index (χ0) is 11.3. The number of benzene rings is 1. The van der Waals surface area contributed by atoms with Crippen LogP contribution in [0.3, 0.4) is 0 Å². The van der Waals surface area contributed by atoms with Crippen LogP contribution in [0.15, 0.2) is 24.3 Å². The molecule has 0 aliphatic carbocycles. The van der Waals surface area contributed by atoms with Crippen molar-refractivity contribution in [3.63, 3.8) is 0 Å². The van der Waals surface area contributed by atoms with Crippen molar-refractivity contribution in [1.82, 2.24) is 0 Å². The van der Waals surface area contributed by atoms with Gasteiger partial charge in [0.05, 0.1) is 18.8 Å². The number of rotatable bonds is 5. The van der Waals surface area contributed by atoms with Crippen LogP contribution in [-0.2, 0) is 4.74 Å². The highest BCUT2D eigenvalue weighted by atomic mass is 35.5. The molecule has 0 spiro atoms. The maximum absolute atomic E-state index is 9.86. The summed E-state index contributed by atoms with van der Waals surface area (Å²) in [6.07, 6.45) is -0.714. The lowest BCUT2D eigenvalue weighted by molar-refractivity contribution is 0.0681. The van der Waals surface area contributed by atoms with Crippen LogP contribution in [0, 0.1) is 0 Å². The SMILES string of the molecule is CCOC[C@@H](N)[C@H](O)c1ccc(Cl)cc1. The number of nitrogens with two attached hydrogens (primary N) is 1. The fourth-order valence-electron chi connectivity index (χ4n) is 1.25. The standard InChI is InChI=1S/C11H16ClNO2/c1-2-15-7-10(13)11(14)8-3-5-9(12)6-4-8/h3-6,10-11,14H,2,7,13H2,1H3/t10-,11-/m1/s1. The predicted molar refractivity (Wildman–Crippen MR) is 60.9 cm³/mol. The smallest absolute Gasteiger partial charge is 0.0963 e. The zero-order valence-electron chi connectivity index (χ0n) is 8.69. The third-order valence-corrected chi connectivity index (χ3v) is 2.38. The number of aliphatic hydroxyl groups excluding tert-OH is 1. The first-order chi connectivity index (χ1) is 7.15. The summed E-state index contributed by atoms with van der Waals surface area (Å²) in [6.45, 7) is 2.84. The van der Waals surface area contributed by atoms with E-state index in [0.29, 0.717) is 18.2 Å². The largest absolute Gasteiger partial charge is 0.387 e. The molecule has 4 heteroatoms. The molecule has 3 nitrogen and oxygen atoms in total. The lowest BCUT2D eigenvalue weighted by Crippen LogP contribution is -2.33. The van der Waals surface area contributed by atoms with Gasteiger partial charge in [0.1, 0.15) is 0 Å². The van der Waals surface area contributed by atoms with Gasteiger partial charge >= 0.3 is 0 Å². The lowest BCUT2D eigenvalue weighted by atomic mass is 10.0. The minimum atomic E-state index is -0.714. The molecule has 0 bridgehead atoms. The molecular weight excluding hydrogens is 214 g/mol. The number of ether oxygens (including phenoxy) is 1. The van der Waals surface area contributed by atoms with E-state index in [2.05, 4.69) is 0 Å². The third-order valence-electron chi connectivity index (χ3n) is 2.13. The molecule has 0 unspecified atom stereocenters. The van der Waals surface area contributed by atoms with Gasteiger partial charge < -0.3 is 15.6 Å². The Balaban J connectivity index is 2.59. The first kappa shape index (κ1) is 12.5. The Labute approximate surface area is 94.8 Å². The Morgan fingerprint density at radius 3 is 2.53 bits per heavy atom. The third kappa shape index (κ3) is 3.80. The van der Waals surface area contributed by atoms with Crippen LogP contribution in [0.5, 0.6) is 0 Å². The molecule has 1 rings (SSSR count). The van der Waals surface area contributed by atoms with Gasteiger partial charge in [-0.05, 0) is 24.6 Å². The molecule has 0 fully saturated rings. The minimum Gasteiger partial charge on any atom is -0.387 e. The first-order valence-corrected chi connectivity index (χ1v) is 5.29. The zero-order valence-corrected chi connectivity index (χ0v) is 9.45. The van der Waals surface area contributed by atoms with Gasteiger partial charge in [-0.1, -0.05) is 23.7 Å². The molecule has 1 aromatic carbocycles. The molecule has 0 aromatic heterocycles. The average Bonchev–Trinajstić information content (AvgIpc) is 2.26. The second-order valence-electron chi connectivity index (χ2n) is 3.32. The Morgan fingerprint density at radius 2 is 2.00 bits per heavy atom. The predicted octanol–water partition coefficient (Wildman–Crippen LogP) is 1.74. The molecule has 0 aliphatic heterocycles. The summed E-state index contributed by atoms with van der Waals surface area (Å²) < 4.78 is 5.15. The molecular formula is C11H16ClNO2. The van der Waals surface area contributed by atoms with Gasteiger partial charge in [-0.25, -0.2) is 0 Å². The van der Waals surface area contributed by atoms with Crippen LogP contribution in [-0.4, -0.2) is 24.4 Å². The summed E-state index contributed by atoms with van der Waals surface area (Å²) in [5, 5.41) is 10.5. The maximum atomic E-state index is 9.86. The van der Waals surface area contributed by atoms with E-state index in [1.165, 1.54) is 0 Å². The summed E-state index contributed by atoms with van der Waals surface area (Å²) in [7, 11) is 0. The molecule has 0 aliphatic rings. The Bertz CT molecular complexity index is 289. The molecule has 15 heavy (non-hydrogen) atoms. The highest BCUT2D eigenvalue weighted by Gasteiger charge is 2.16. The Morgan fingerprint density at radius 1 is 1.40 bits per heavy atom. The average molecular weight is 230 g/mol. The fourth-order valence-corrected chi connectivity index (χ4v) is 1.38. The van der Waals surface area contributed by atoms with Crippen LogP contribution in [0.1, 0.15) is 18.6 Å². The van der Waals surface area contributed by atoms with Gasteiger partial charge in [-0.3, -0.25) is 0 Å². The second kappa shape index (κ2) is 6.08. The van der Waals surface area contributed by atoms with Crippen molar-refractivity contribution in [3.8, 4) is 0 Å². The van der Waals surface area contributed by atoms with E-state index in [4.69, 9.17) is 22.1 Å². The second-order valence-corrected chi connectivity index (χ2v) is 3.76. The monoisotopic (exact) mass is 229 g/mol. The number of hydrogen-bond donors (Lipinski definition) is 2. The summed E-state index contributed by atoms with van der Waals surface area (Å²) in [5.41, 5.74) is 6.52. The summed E-state index contributed by atoms with van der Waals surface area (Å²) >= 11 is 5.74. The van der Waals surface area contributed by atoms with E-state index < -0.39 is 12.1 Å². The van der Waals surface area contributed by atoms with Gasteiger partial charge in [0.2, 0.25) is 0 Å². The Kier molecular flexibility index (Phi) is 5.05. The number of halogens is 1. The van der Waals surface area contributed by atoms with Crippen LogP contribution < -0.4 is 5.73 Å². The molecule has 0 radical (unpaired) electrons. The summed E-state index contributed by atoms with van der Waals surface area (Å²) in [6, 6.07) is 6.57. The summed E-state index contributed by atoms with van der Waals surface area (Å²) in [4.78, 5) is 0. The van der Waals surface area contributed by atoms with Crippen molar-refractivity contribution in [3.05, 3.63) is 34.9 Å². The van der Waals surface area contributed by atoms with E-state index in [9.17, 15) is 5.11 Å². The minimum absolute atomic E-state index is 0.348. The normalized spacial score (nSPS) is 14.9. The molecule has 3 N–H and O–H groups in total. The maximum Gasteiger partial charge on any atom is 0.0963 e. The van der Waals surface area contributed by atoms with Gasteiger partial charge in [0.25, 0.3) is 0 Å². The van der Waals surface area contributed by atoms with E-state index in [-0.39, 0.29) is 0 Å². The summed E-state index contributed by atoms with van der Waals surface area (Å²) in [5.74, 6) is 0. The first-order valence-electron chi connectivity index (χ1n) is 4.92. The number of aliphatic hydroxyl groups is 1. The van der Waals surface area contributed by atoms with Gasteiger partial charge in [0.15, 0.2) is 0 Å². The van der Waals surface area contributed by atoms with Gasteiger partial charge in [-0.2, -0.15) is 0 Å². The molecule has 2 atom stereocenters. The van der Waals surface area contributed by atoms with Crippen molar-refractivity contribution in [1.29, 1.82) is 0 Å². The highest BCUT2D eigenvalue weighted by molar-refractivity contribution is 6.30. The van der Waals surface area contributed by atoms with Gasteiger partial charge in [-0.15, -0.1) is 0 Å². The van der Waals surface area contributed by atoms with Crippen LogP contribution >= 0.6 is 11.6 Å². The quantitative estimate of drug-likeness (QED) is 0.809. The fraction of sp³-hybridized carbons (Fsp3) is 0.455. The van der Waals surface area contributed by atoms with Crippen LogP contribution in [0.2, 0.25) is 5.02 Å². The van der Waals surface area contributed by atoms with Crippen LogP contribution in [0.4, 0.5) is 0 Å². The van der Waals surface area contributed by atoms with Crippen molar-refractivity contribution < 1.29 is 9.84 Å². The topological polar surface area (TPSA) is 55.5 Å². The van der Waals surface area contributed by atoms with Crippen molar-refractivity contribution in [2.75, 3.05) is 13.2 Å². The highest BCUT2D eigenvalue weighted by Crippen LogP contribution is 2.18. The van der Waals surface area contributed by atoms with E-state index >= 15 is 0 Å². The lowest BCUT2D eigenvalue weighted by Gasteiger charge is -2.18. The van der Waals surface area contributed by atoms with Crippen LogP contribution in [0.25, 0.3) is 0 Å². The molecule has 0 amide bonds. The molecule has 0 saturated heterocycles.